The van der Waals surface area contributed by atoms with Gasteiger partial charge in [-0.1, -0.05) is 47.6 Å². The van der Waals surface area contributed by atoms with Crippen LogP contribution in [0.2, 0.25) is 0 Å². The highest BCUT2D eigenvalue weighted by Crippen LogP contribution is 2.19. The van der Waals surface area contributed by atoms with Crippen LogP contribution in [0, 0.1) is 5.82 Å². The smallest absolute Gasteiger partial charge is 0.248 e. The van der Waals surface area contributed by atoms with Crippen LogP contribution in [-0.4, -0.2) is 42.9 Å². The number of nitrogens with zero attached hydrogens (tertiary/aromatic N) is 2. The summed E-state index contributed by atoms with van der Waals surface area (Å²) in [6, 6.07) is 15.9. The van der Waals surface area contributed by atoms with Gasteiger partial charge in [0.2, 0.25) is 5.91 Å². The first-order valence-electron chi connectivity index (χ1n) is 8.45. The van der Waals surface area contributed by atoms with Gasteiger partial charge in [-0.25, -0.2) is 4.39 Å². The van der Waals surface area contributed by atoms with Crippen molar-refractivity contribution in [1.29, 1.82) is 0 Å². The van der Waals surface area contributed by atoms with E-state index in [-0.39, 0.29) is 24.4 Å². The molecule has 6 heteroatoms. The van der Waals surface area contributed by atoms with Gasteiger partial charge >= 0.3 is 0 Å². The van der Waals surface area contributed by atoms with Crippen molar-refractivity contribution in [2.45, 2.75) is 19.1 Å². The van der Waals surface area contributed by atoms with Crippen LogP contribution < -0.4 is 0 Å². The molecule has 0 spiro atoms. The van der Waals surface area contributed by atoms with Crippen LogP contribution in [0.4, 0.5) is 4.39 Å². The molecule has 0 unspecified atom stereocenters. The normalized spacial score (nSPS) is 16.1. The predicted molar refractivity (Wildman–Crippen MR) is 96.2 cm³/mol. The molecule has 0 bridgehead atoms. The molecular formula is C20H21FN2O3. The maximum Gasteiger partial charge on any atom is 0.248 e. The number of oxime groups is 1. The highest BCUT2D eigenvalue weighted by Gasteiger charge is 2.26. The van der Waals surface area contributed by atoms with Crippen molar-refractivity contribution < 1.29 is 18.8 Å². The Hall–Kier alpha value is -2.73. The fraction of sp³-hybridized carbons (Fsp3) is 0.300. The van der Waals surface area contributed by atoms with Gasteiger partial charge in [-0.15, -0.1) is 0 Å². The number of ether oxygens (including phenoxy) is 1. The Labute approximate surface area is 152 Å². The van der Waals surface area contributed by atoms with Crippen molar-refractivity contribution in [3.8, 4) is 0 Å². The molecule has 0 saturated heterocycles. The van der Waals surface area contributed by atoms with E-state index < -0.39 is 0 Å². The Morgan fingerprint density at radius 3 is 2.65 bits per heavy atom. The van der Waals surface area contributed by atoms with Crippen LogP contribution in [0.5, 0.6) is 0 Å². The minimum Gasteiger partial charge on any atom is -0.390 e. The summed E-state index contributed by atoms with van der Waals surface area (Å²) in [6.07, 6.45) is 0.330. The standard InChI is InChI=1S/C20H21FN2O3/c1-25-14-20(24)23(12-15-5-3-2-4-6-15)13-18-11-19(22-26-18)16-7-9-17(21)10-8-16/h2-10,18H,11-14H2,1H3/t18-/m0/s1. The van der Waals surface area contributed by atoms with Gasteiger partial charge in [0.1, 0.15) is 12.4 Å². The van der Waals surface area contributed by atoms with E-state index >= 15 is 0 Å². The largest absolute Gasteiger partial charge is 0.390 e. The highest BCUT2D eigenvalue weighted by molar-refractivity contribution is 6.01. The molecule has 2 aromatic rings. The van der Waals surface area contributed by atoms with Crippen molar-refractivity contribution in [3.05, 3.63) is 71.5 Å². The Balaban J connectivity index is 1.64. The molecule has 0 radical (unpaired) electrons. The third-order valence-electron chi connectivity index (χ3n) is 4.17. The molecule has 0 saturated carbocycles. The molecule has 0 fully saturated rings. The monoisotopic (exact) mass is 356 g/mol. The van der Waals surface area contributed by atoms with E-state index in [2.05, 4.69) is 5.16 Å². The minimum absolute atomic E-state index is 0.0191. The molecule has 1 heterocycles. The lowest BCUT2D eigenvalue weighted by Gasteiger charge is -2.24. The average molecular weight is 356 g/mol. The van der Waals surface area contributed by atoms with Crippen LogP contribution in [0.25, 0.3) is 0 Å². The third-order valence-corrected chi connectivity index (χ3v) is 4.17. The molecule has 3 rings (SSSR count). The number of amides is 1. The molecule has 1 aliphatic rings. The molecule has 0 N–H and O–H groups in total. The molecule has 0 aliphatic carbocycles. The summed E-state index contributed by atoms with van der Waals surface area (Å²) in [5.74, 6) is -0.390. The number of halogens is 1. The van der Waals surface area contributed by atoms with Crippen LogP contribution in [0.15, 0.2) is 59.8 Å². The third kappa shape index (κ3) is 4.67. The summed E-state index contributed by atoms with van der Waals surface area (Å²) in [5.41, 5.74) is 2.62. The van der Waals surface area contributed by atoms with Crippen molar-refractivity contribution in [2.75, 3.05) is 20.3 Å². The number of carbonyl (C=O) groups is 1. The molecule has 0 aromatic heterocycles. The topological polar surface area (TPSA) is 51.1 Å². The van der Waals surface area contributed by atoms with Crippen molar-refractivity contribution >= 4 is 11.6 Å². The first kappa shape index (κ1) is 18.1. The molecule has 1 atom stereocenters. The SMILES string of the molecule is COCC(=O)N(Cc1ccccc1)C[C@@H]1CC(c2ccc(F)cc2)=NO1. The van der Waals surface area contributed by atoms with Crippen LogP contribution in [0.3, 0.4) is 0 Å². The highest BCUT2D eigenvalue weighted by atomic mass is 19.1. The molecule has 1 amide bonds. The Kier molecular flexibility index (Phi) is 5.96. The molecular weight excluding hydrogens is 335 g/mol. The van der Waals surface area contributed by atoms with Crippen molar-refractivity contribution in [1.82, 2.24) is 4.90 Å². The van der Waals surface area contributed by atoms with E-state index in [0.717, 1.165) is 16.8 Å². The quantitative estimate of drug-likeness (QED) is 0.766. The Morgan fingerprint density at radius 2 is 1.96 bits per heavy atom. The van der Waals surface area contributed by atoms with E-state index in [1.807, 2.05) is 30.3 Å². The van der Waals surface area contributed by atoms with Crippen LogP contribution in [0.1, 0.15) is 17.5 Å². The van der Waals surface area contributed by atoms with Gasteiger partial charge in [0.05, 0.1) is 12.3 Å². The zero-order chi connectivity index (χ0) is 18.4. The van der Waals surface area contributed by atoms with Crippen molar-refractivity contribution in [2.24, 2.45) is 5.16 Å². The summed E-state index contributed by atoms with van der Waals surface area (Å²) in [6.45, 7) is 0.908. The first-order valence-corrected chi connectivity index (χ1v) is 8.45. The van der Waals surface area contributed by atoms with E-state index in [9.17, 15) is 9.18 Å². The average Bonchev–Trinajstić information content (AvgIpc) is 3.11. The lowest BCUT2D eigenvalue weighted by Crippen LogP contribution is -2.39. The number of methoxy groups -OCH3 is 1. The number of benzene rings is 2. The zero-order valence-corrected chi connectivity index (χ0v) is 14.6. The molecule has 5 nitrogen and oxygen atoms in total. The van der Waals surface area contributed by atoms with Crippen molar-refractivity contribution in [3.63, 3.8) is 0 Å². The number of rotatable bonds is 7. The fourth-order valence-electron chi connectivity index (χ4n) is 2.86. The second-order valence-corrected chi connectivity index (χ2v) is 6.17. The van der Waals surface area contributed by atoms with Gasteiger partial charge in [0.15, 0.2) is 6.10 Å². The summed E-state index contributed by atoms with van der Waals surface area (Å²) < 4.78 is 18.1. The van der Waals surface area contributed by atoms with Gasteiger partial charge in [-0.3, -0.25) is 4.79 Å². The maximum absolute atomic E-state index is 13.1. The maximum atomic E-state index is 13.1. The van der Waals surface area contributed by atoms with Gasteiger partial charge < -0.3 is 14.5 Å². The fourth-order valence-corrected chi connectivity index (χ4v) is 2.86. The number of hydrogen-bond acceptors (Lipinski definition) is 4. The Bertz CT molecular complexity index is 762. The predicted octanol–water partition coefficient (Wildman–Crippen LogP) is 2.99. The first-order chi connectivity index (χ1) is 12.7. The van der Waals surface area contributed by atoms with E-state index in [1.165, 1.54) is 19.2 Å². The van der Waals surface area contributed by atoms with E-state index in [1.54, 1.807) is 17.0 Å². The van der Waals surface area contributed by atoms with Gasteiger partial charge in [0.25, 0.3) is 0 Å². The summed E-state index contributed by atoms with van der Waals surface area (Å²) in [4.78, 5) is 19.6. The Morgan fingerprint density at radius 1 is 1.23 bits per heavy atom. The molecule has 26 heavy (non-hydrogen) atoms. The zero-order valence-electron chi connectivity index (χ0n) is 14.6. The summed E-state index contributed by atoms with van der Waals surface area (Å²) >= 11 is 0. The second kappa shape index (κ2) is 8.58. The lowest BCUT2D eigenvalue weighted by atomic mass is 10.0. The van der Waals surface area contributed by atoms with Gasteiger partial charge in [-0.05, 0) is 23.3 Å². The van der Waals surface area contributed by atoms with Gasteiger partial charge in [-0.2, -0.15) is 0 Å². The molecule has 136 valence electrons. The second-order valence-electron chi connectivity index (χ2n) is 6.17. The van der Waals surface area contributed by atoms with E-state index in [4.69, 9.17) is 9.57 Å². The minimum atomic E-state index is -0.288. The van der Waals surface area contributed by atoms with Crippen LogP contribution in [-0.2, 0) is 20.9 Å². The summed E-state index contributed by atoms with van der Waals surface area (Å²) in [7, 11) is 1.50. The lowest BCUT2D eigenvalue weighted by molar-refractivity contribution is -0.137. The van der Waals surface area contributed by atoms with Gasteiger partial charge in [0, 0.05) is 20.1 Å². The summed E-state index contributed by atoms with van der Waals surface area (Å²) in [5, 5.41) is 4.11. The molecule has 1 aliphatic heterocycles. The number of carbonyl (C=O) groups excluding carboxylic acids is 1. The van der Waals surface area contributed by atoms with E-state index in [0.29, 0.717) is 19.5 Å². The number of hydrogen-bond donors (Lipinski definition) is 0. The van der Waals surface area contributed by atoms with Crippen LogP contribution >= 0.6 is 0 Å². The molecule has 2 aromatic carbocycles.